The number of methoxy groups -OCH3 is 1. The average molecular weight is 546 g/mol. The van der Waals surface area contributed by atoms with Crippen molar-refractivity contribution in [2.45, 2.75) is 84.7 Å². The van der Waals surface area contributed by atoms with Gasteiger partial charge in [-0.15, -0.1) is 0 Å². The topological polar surface area (TPSA) is 141 Å². The van der Waals surface area contributed by atoms with Gasteiger partial charge in [0.15, 0.2) is 5.78 Å². The van der Waals surface area contributed by atoms with Gasteiger partial charge in [-0.25, -0.2) is 0 Å². The summed E-state index contributed by atoms with van der Waals surface area (Å²) in [6.07, 6.45) is 4.09. The van der Waals surface area contributed by atoms with Crippen LogP contribution in [0, 0.1) is 5.92 Å². The summed E-state index contributed by atoms with van der Waals surface area (Å²) < 4.78 is 20.9. The summed E-state index contributed by atoms with van der Waals surface area (Å²) >= 11 is 0. The fourth-order valence-corrected chi connectivity index (χ4v) is 3.40. The maximum absolute atomic E-state index is 12.8. The summed E-state index contributed by atoms with van der Waals surface area (Å²) in [7, 11) is 1.62. The molecular weight excluding hydrogens is 494 g/mol. The zero-order valence-corrected chi connectivity index (χ0v) is 24.1. The molecular formula is C27H51N3O8. The standard InChI is InChI=1S/C27H51N3O8/c1-6-7-11-25(33)30-26(21(2)3)27(34)29-23(22(4)31)10-8-9-13-28-24(32)12-14-36-17-18-38-20-19-37-16-15-35-5/h21,23,26H,6-20H2,1-5H3,(H,28,32)(H,29,34)(H,30,33)/t23-,26-/m0/s1. The van der Waals surface area contributed by atoms with E-state index < -0.39 is 12.1 Å². The van der Waals surface area contributed by atoms with Crippen LogP contribution in [-0.2, 0) is 38.1 Å². The van der Waals surface area contributed by atoms with Gasteiger partial charge < -0.3 is 34.9 Å². The number of ketones is 1. The lowest BCUT2D eigenvalue weighted by Gasteiger charge is -2.24. The van der Waals surface area contributed by atoms with Gasteiger partial charge in [-0.1, -0.05) is 27.2 Å². The normalized spacial score (nSPS) is 12.7. The highest BCUT2D eigenvalue weighted by Crippen LogP contribution is 2.07. The first-order valence-corrected chi connectivity index (χ1v) is 13.8. The number of Topliss-reactive ketones (excluding diaryl/α,β-unsaturated/α-hetero) is 1. The van der Waals surface area contributed by atoms with Crippen LogP contribution in [0.1, 0.15) is 72.6 Å². The fourth-order valence-electron chi connectivity index (χ4n) is 3.40. The van der Waals surface area contributed by atoms with E-state index in [9.17, 15) is 19.2 Å². The van der Waals surface area contributed by atoms with Gasteiger partial charge in [-0.2, -0.15) is 0 Å². The van der Waals surface area contributed by atoms with Crippen molar-refractivity contribution in [3.05, 3.63) is 0 Å². The van der Waals surface area contributed by atoms with Crippen molar-refractivity contribution in [3.8, 4) is 0 Å². The molecule has 3 N–H and O–H groups in total. The van der Waals surface area contributed by atoms with Crippen LogP contribution in [0.15, 0.2) is 0 Å². The molecule has 2 atom stereocenters. The molecule has 0 aromatic carbocycles. The smallest absolute Gasteiger partial charge is 0.243 e. The molecule has 11 nitrogen and oxygen atoms in total. The fraction of sp³-hybridized carbons (Fsp3) is 0.852. The zero-order valence-electron chi connectivity index (χ0n) is 24.1. The minimum atomic E-state index is -0.686. The minimum absolute atomic E-state index is 0.104. The van der Waals surface area contributed by atoms with Crippen LogP contribution in [0.3, 0.4) is 0 Å². The Kier molecular flexibility index (Phi) is 22.7. The molecule has 3 amide bonds. The second-order valence-electron chi connectivity index (χ2n) is 9.49. The minimum Gasteiger partial charge on any atom is -0.382 e. The molecule has 222 valence electrons. The molecule has 0 unspecified atom stereocenters. The first-order valence-electron chi connectivity index (χ1n) is 13.8. The molecule has 38 heavy (non-hydrogen) atoms. The third kappa shape index (κ3) is 20.0. The van der Waals surface area contributed by atoms with Crippen molar-refractivity contribution < 1.29 is 38.1 Å². The predicted octanol–water partition coefficient (Wildman–Crippen LogP) is 1.76. The maximum Gasteiger partial charge on any atom is 0.243 e. The highest BCUT2D eigenvalue weighted by molar-refractivity contribution is 5.92. The summed E-state index contributed by atoms with van der Waals surface area (Å²) in [5.74, 6) is -0.853. The molecule has 0 aromatic rings. The van der Waals surface area contributed by atoms with E-state index in [0.29, 0.717) is 78.5 Å². The number of rotatable bonds is 25. The molecule has 0 radical (unpaired) electrons. The Morgan fingerprint density at radius 2 is 1.34 bits per heavy atom. The molecule has 0 saturated heterocycles. The highest BCUT2D eigenvalue weighted by Gasteiger charge is 2.27. The van der Waals surface area contributed by atoms with Crippen molar-refractivity contribution in [3.63, 3.8) is 0 Å². The van der Waals surface area contributed by atoms with Crippen molar-refractivity contribution in [1.82, 2.24) is 16.0 Å². The van der Waals surface area contributed by atoms with Crippen LogP contribution in [-0.4, -0.2) is 95.5 Å². The molecule has 0 aliphatic heterocycles. The highest BCUT2D eigenvalue weighted by atomic mass is 16.6. The third-order valence-electron chi connectivity index (χ3n) is 5.72. The molecule has 0 fully saturated rings. The zero-order chi connectivity index (χ0) is 28.6. The van der Waals surface area contributed by atoms with Gasteiger partial charge in [-0.3, -0.25) is 19.2 Å². The Balaban J connectivity index is 4.05. The van der Waals surface area contributed by atoms with E-state index >= 15 is 0 Å². The maximum atomic E-state index is 12.8. The van der Waals surface area contributed by atoms with Crippen LogP contribution < -0.4 is 16.0 Å². The number of carbonyl (C=O) groups is 4. The van der Waals surface area contributed by atoms with Crippen molar-refractivity contribution in [2.24, 2.45) is 5.92 Å². The Labute approximate surface area is 228 Å². The van der Waals surface area contributed by atoms with Crippen molar-refractivity contribution in [1.29, 1.82) is 0 Å². The van der Waals surface area contributed by atoms with E-state index in [1.54, 1.807) is 7.11 Å². The quantitative estimate of drug-likeness (QED) is 0.147. The van der Waals surface area contributed by atoms with Gasteiger partial charge in [0.05, 0.1) is 52.3 Å². The summed E-state index contributed by atoms with van der Waals surface area (Å²) in [6, 6.07) is -1.31. The number of nitrogens with one attached hydrogen (secondary N) is 3. The Morgan fingerprint density at radius 1 is 0.737 bits per heavy atom. The van der Waals surface area contributed by atoms with Gasteiger partial charge in [0.2, 0.25) is 17.7 Å². The predicted molar refractivity (Wildman–Crippen MR) is 145 cm³/mol. The third-order valence-corrected chi connectivity index (χ3v) is 5.72. The first kappa shape index (κ1) is 35.9. The van der Waals surface area contributed by atoms with Crippen LogP contribution in [0.4, 0.5) is 0 Å². The lowest BCUT2D eigenvalue weighted by atomic mass is 10.0. The second kappa shape index (κ2) is 24.0. The van der Waals surface area contributed by atoms with Gasteiger partial charge in [0.1, 0.15) is 6.04 Å². The summed E-state index contributed by atoms with van der Waals surface area (Å²) in [4.78, 5) is 48.9. The summed E-state index contributed by atoms with van der Waals surface area (Å²) in [5, 5.41) is 8.42. The second-order valence-corrected chi connectivity index (χ2v) is 9.49. The Hall–Kier alpha value is -2.08. The van der Waals surface area contributed by atoms with Crippen LogP contribution in [0.2, 0.25) is 0 Å². The monoisotopic (exact) mass is 545 g/mol. The molecule has 11 heteroatoms. The number of unbranched alkanes of at least 4 members (excludes halogenated alkanes) is 2. The van der Waals surface area contributed by atoms with Crippen LogP contribution in [0.25, 0.3) is 0 Å². The average Bonchev–Trinajstić information content (AvgIpc) is 2.87. The Morgan fingerprint density at radius 3 is 1.89 bits per heavy atom. The number of ether oxygens (including phenoxy) is 4. The molecule has 0 aliphatic rings. The van der Waals surface area contributed by atoms with Gasteiger partial charge in [0, 0.05) is 26.5 Å². The Bertz CT molecular complexity index is 660. The van der Waals surface area contributed by atoms with Gasteiger partial charge >= 0.3 is 0 Å². The van der Waals surface area contributed by atoms with Crippen molar-refractivity contribution in [2.75, 3.05) is 59.9 Å². The largest absolute Gasteiger partial charge is 0.382 e. The lowest BCUT2D eigenvalue weighted by molar-refractivity contribution is -0.132. The van der Waals surface area contributed by atoms with E-state index in [2.05, 4.69) is 16.0 Å². The molecule has 0 aromatic heterocycles. The van der Waals surface area contributed by atoms with E-state index in [1.165, 1.54) is 6.92 Å². The van der Waals surface area contributed by atoms with E-state index in [4.69, 9.17) is 18.9 Å². The molecule has 0 heterocycles. The van der Waals surface area contributed by atoms with Gasteiger partial charge in [-0.05, 0) is 38.5 Å². The summed E-state index contributed by atoms with van der Waals surface area (Å²) in [5.41, 5.74) is 0. The molecule has 0 rings (SSSR count). The summed E-state index contributed by atoms with van der Waals surface area (Å²) in [6.45, 7) is 10.9. The molecule has 0 aliphatic carbocycles. The van der Waals surface area contributed by atoms with Crippen LogP contribution in [0.5, 0.6) is 0 Å². The van der Waals surface area contributed by atoms with E-state index in [0.717, 1.165) is 12.8 Å². The molecule has 0 spiro atoms. The van der Waals surface area contributed by atoms with Crippen LogP contribution >= 0.6 is 0 Å². The number of hydrogen-bond donors (Lipinski definition) is 3. The molecule has 0 bridgehead atoms. The van der Waals surface area contributed by atoms with E-state index in [-0.39, 0.29) is 35.8 Å². The number of carbonyl (C=O) groups excluding carboxylic acids is 4. The van der Waals surface area contributed by atoms with E-state index in [1.807, 2.05) is 20.8 Å². The number of hydrogen-bond acceptors (Lipinski definition) is 8. The number of amides is 3. The SMILES string of the molecule is CCCCC(=O)N[C@H](C(=O)N[C@@H](CCCCNC(=O)CCOCCOCCOCCOC)C(C)=O)C(C)C. The lowest BCUT2D eigenvalue weighted by Crippen LogP contribution is -2.53. The molecule has 0 saturated carbocycles. The van der Waals surface area contributed by atoms with Gasteiger partial charge in [0.25, 0.3) is 0 Å². The van der Waals surface area contributed by atoms with Crippen molar-refractivity contribution >= 4 is 23.5 Å². The first-order chi connectivity index (χ1) is 18.2.